The Bertz CT molecular complexity index is 1080. The smallest absolute Gasteiger partial charge is 0.278 e. The Morgan fingerprint density at radius 3 is 2.76 bits per heavy atom. The van der Waals surface area contributed by atoms with Crippen LogP contribution in [0, 0.1) is 5.82 Å². The molecule has 1 saturated carbocycles. The number of aromatic nitrogens is 4. The van der Waals surface area contributed by atoms with Crippen molar-refractivity contribution in [1.82, 2.24) is 25.1 Å². The molecule has 4 rings (SSSR count). The van der Waals surface area contributed by atoms with Crippen molar-refractivity contribution in [2.75, 3.05) is 11.1 Å². The lowest BCUT2D eigenvalue weighted by atomic mass is 10.1. The molecule has 0 radical (unpaired) electrons. The van der Waals surface area contributed by atoms with E-state index < -0.39 is 17.6 Å². The molecule has 9 nitrogen and oxygen atoms in total. The number of hydrogen-bond acceptors (Lipinski definition) is 6. The Labute approximate surface area is 165 Å². The second kappa shape index (κ2) is 7.66. The summed E-state index contributed by atoms with van der Waals surface area (Å²) in [6.07, 6.45) is 7.57. The van der Waals surface area contributed by atoms with Gasteiger partial charge in [0.1, 0.15) is 5.82 Å². The molecular formula is C19H18FN7O2. The molecule has 2 heterocycles. The fraction of sp³-hybridized carbons (Fsp3) is 0.211. The second-order valence-electron chi connectivity index (χ2n) is 6.70. The highest BCUT2D eigenvalue weighted by Gasteiger charge is 2.25. The summed E-state index contributed by atoms with van der Waals surface area (Å²) in [6.45, 7) is 0.0968. The van der Waals surface area contributed by atoms with Gasteiger partial charge in [0.15, 0.2) is 11.5 Å². The van der Waals surface area contributed by atoms with E-state index >= 15 is 0 Å². The number of halogens is 1. The average Bonchev–Trinajstić information content (AvgIpc) is 3.41. The Kier molecular flexibility index (Phi) is 4.90. The number of nitrogen functional groups attached to an aromatic ring is 1. The zero-order valence-corrected chi connectivity index (χ0v) is 15.3. The van der Waals surface area contributed by atoms with E-state index in [0.717, 1.165) is 12.8 Å². The summed E-state index contributed by atoms with van der Waals surface area (Å²) in [5, 5.41) is 9.52. The van der Waals surface area contributed by atoms with Gasteiger partial charge in [-0.05, 0) is 18.9 Å². The van der Waals surface area contributed by atoms with Crippen LogP contribution < -0.4 is 16.4 Å². The molecule has 148 valence electrons. The van der Waals surface area contributed by atoms with Crippen LogP contribution in [0.1, 0.15) is 39.3 Å². The molecule has 29 heavy (non-hydrogen) atoms. The summed E-state index contributed by atoms with van der Waals surface area (Å²) >= 11 is 0. The number of nitrogens with zero attached hydrogens (tertiary/aromatic N) is 4. The third kappa shape index (κ3) is 4.21. The van der Waals surface area contributed by atoms with Gasteiger partial charge in [0.2, 0.25) is 0 Å². The molecule has 2 aromatic heterocycles. The minimum absolute atomic E-state index is 0.000621. The lowest BCUT2D eigenvalue weighted by molar-refractivity contribution is 0.0946. The standard InChI is InChI=1S/C19H18FN7O2/c20-15-11(2-1-3-14(15)18(28)25-12-4-5-12)9-27-10-13(8-24-27)26-19(29)16-17(21)23-7-6-22-16/h1-3,6-8,10,12H,4-5,9H2,(H2,21,23)(H,25,28)(H,26,29). The maximum atomic E-state index is 14.8. The highest BCUT2D eigenvalue weighted by atomic mass is 19.1. The summed E-state index contributed by atoms with van der Waals surface area (Å²) in [4.78, 5) is 32.1. The number of anilines is 2. The average molecular weight is 395 g/mol. The van der Waals surface area contributed by atoms with Gasteiger partial charge in [0, 0.05) is 30.2 Å². The van der Waals surface area contributed by atoms with Gasteiger partial charge in [-0.25, -0.2) is 14.4 Å². The van der Waals surface area contributed by atoms with Crippen molar-refractivity contribution in [3.05, 3.63) is 65.6 Å². The first-order valence-corrected chi connectivity index (χ1v) is 9.00. The largest absolute Gasteiger partial charge is 0.382 e. The predicted octanol–water partition coefficient (Wildman–Crippen LogP) is 1.59. The van der Waals surface area contributed by atoms with Gasteiger partial charge < -0.3 is 16.4 Å². The summed E-state index contributed by atoms with van der Waals surface area (Å²) in [5.74, 6) is -1.51. The fourth-order valence-electron chi connectivity index (χ4n) is 2.77. The molecule has 0 spiro atoms. The van der Waals surface area contributed by atoms with Gasteiger partial charge in [-0.15, -0.1) is 0 Å². The molecule has 0 unspecified atom stereocenters. The molecule has 1 aliphatic carbocycles. The third-order valence-electron chi connectivity index (χ3n) is 4.40. The van der Waals surface area contributed by atoms with Gasteiger partial charge in [-0.2, -0.15) is 5.10 Å². The first kappa shape index (κ1) is 18.5. The Morgan fingerprint density at radius 2 is 2.00 bits per heavy atom. The van der Waals surface area contributed by atoms with Crippen LogP contribution in [0.25, 0.3) is 0 Å². The number of benzene rings is 1. The quantitative estimate of drug-likeness (QED) is 0.581. The summed E-state index contributed by atoms with van der Waals surface area (Å²) in [7, 11) is 0. The van der Waals surface area contributed by atoms with E-state index in [-0.39, 0.29) is 29.7 Å². The van der Waals surface area contributed by atoms with Crippen molar-refractivity contribution in [2.24, 2.45) is 0 Å². The SMILES string of the molecule is Nc1nccnc1C(=O)Nc1cnn(Cc2cccc(C(=O)NC3CC3)c2F)c1. The van der Waals surface area contributed by atoms with E-state index in [1.165, 1.54) is 29.3 Å². The first-order valence-electron chi connectivity index (χ1n) is 9.00. The zero-order valence-electron chi connectivity index (χ0n) is 15.3. The van der Waals surface area contributed by atoms with Crippen molar-refractivity contribution in [3.63, 3.8) is 0 Å². The maximum absolute atomic E-state index is 14.8. The molecule has 1 aromatic carbocycles. The molecule has 10 heteroatoms. The van der Waals surface area contributed by atoms with Gasteiger partial charge in [-0.1, -0.05) is 12.1 Å². The van der Waals surface area contributed by atoms with Gasteiger partial charge in [0.05, 0.1) is 24.0 Å². The third-order valence-corrected chi connectivity index (χ3v) is 4.40. The van der Waals surface area contributed by atoms with Gasteiger partial charge >= 0.3 is 0 Å². The number of carbonyl (C=O) groups is 2. The van der Waals surface area contributed by atoms with Gasteiger partial charge in [0.25, 0.3) is 11.8 Å². The fourth-order valence-corrected chi connectivity index (χ4v) is 2.77. The summed E-state index contributed by atoms with van der Waals surface area (Å²) < 4.78 is 16.2. The van der Waals surface area contributed by atoms with Crippen LogP contribution in [-0.2, 0) is 6.54 Å². The van der Waals surface area contributed by atoms with Crippen LogP contribution in [0.5, 0.6) is 0 Å². The number of amides is 2. The minimum Gasteiger partial charge on any atom is -0.382 e. The van der Waals surface area contributed by atoms with Crippen LogP contribution in [0.2, 0.25) is 0 Å². The molecule has 2 amide bonds. The molecule has 0 bridgehead atoms. The van der Waals surface area contributed by atoms with Gasteiger partial charge in [-0.3, -0.25) is 14.3 Å². The van der Waals surface area contributed by atoms with Crippen molar-refractivity contribution < 1.29 is 14.0 Å². The number of hydrogen-bond donors (Lipinski definition) is 3. The Morgan fingerprint density at radius 1 is 1.21 bits per heavy atom. The topological polar surface area (TPSA) is 128 Å². The minimum atomic E-state index is -0.584. The predicted molar refractivity (Wildman–Crippen MR) is 103 cm³/mol. The molecule has 1 fully saturated rings. The zero-order chi connectivity index (χ0) is 20.4. The van der Waals surface area contributed by atoms with Crippen LogP contribution in [0.3, 0.4) is 0 Å². The molecule has 0 saturated heterocycles. The highest BCUT2D eigenvalue weighted by molar-refractivity contribution is 6.05. The molecule has 0 atom stereocenters. The monoisotopic (exact) mass is 395 g/mol. The van der Waals surface area contributed by atoms with E-state index in [9.17, 15) is 14.0 Å². The molecular weight excluding hydrogens is 377 g/mol. The van der Waals surface area contributed by atoms with Crippen molar-refractivity contribution in [3.8, 4) is 0 Å². The van der Waals surface area contributed by atoms with Crippen LogP contribution in [-0.4, -0.2) is 37.6 Å². The lowest BCUT2D eigenvalue weighted by Crippen LogP contribution is -2.26. The van der Waals surface area contributed by atoms with E-state index in [4.69, 9.17) is 5.73 Å². The number of carbonyl (C=O) groups excluding carboxylic acids is 2. The second-order valence-corrected chi connectivity index (χ2v) is 6.70. The summed E-state index contributed by atoms with van der Waals surface area (Å²) in [6, 6.07) is 4.81. The highest BCUT2D eigenvalue weighted by Crippen LogP contribution is 2.21. The van der Waals surface area contributed by atoms with E-state index in [1.54, 1.807) is 18.3 Å². The summed E-state index contributed by atoms with van der Waals surface area (Å²) in [5.41, 5.74) is 6.35. The Hall–Kier alpha value is -3.82. The lowest BCUT2D eigenvalue weighted by Gasteiger charge is -2.09. The van der Waals surface area contributed by atoms with Crippen LogP contribution >= 0.6 is 0 Å². The number of rotatable bonds is 6. The number of nitrogens with two attached hydrogens (primary N) is 1. The van der Waals surface area contributed by atoms with Crippen molar-refractivity contribution >= 4 is 23.3 Å². The van der Waals surface area contributed by atoms with Crippen molar-refractivity contribution in [2.45, 2.75) is 25.4 Å². The van der Waals surface area contributed by atoms with E-state index in [2.05, 4.69) is 25.7 Å². The number of nitrogens with one attached hydrogen (secondary N) is 2. The molecule has 4 N–H and O–H groups in total. The van der Waals surface area contributed by atoms with Crippen LogP contribution in [0.15, 0.2) is 43.0 Å². The Balaban J connectivity index is 1.46. The first-order chi connectivity index (χ1) is 14.0. The van der Waals surface area contributed by atoms with Crippen LogP contribution in [0.4, 0.5) is 15.9 Å². The van der Waals surface area contributed by atoms with E-state index in [0.29, 0.717) is 11.3 Å². The molecule has 3 aromatic rings. The maximum Gasteiger partial charge on any atom is 0.278 e. The molecule has 0 aliphatic heterocycles. The van der Waals surface area contributed by atoms with E-state index in [1.807, 2.05) is 0 Å². The normalized spacial score (nSPS) is 13.1. The molecule has 1 aliphatic rings. The van der Waals surface area contributed by atoms with Crippen molar-refractivity contribution in [1.29, 1.82) is 0 Å².